The molecule has 2 aromatic carbocycles. The van der Waals surface area contributed by atoms with E-state index in [0.29, 0.717) is 21.5 Å². The molecule has 0 aliphatic heterocycles. The molecule has 7 heteroatoms. The minimum absolute atomic E-state index is 0.277. The molecule has 24 heavy (non-hydrogen) atoms. The topological polar surface area (TPSA) is 61.5 Å². The molecule has 4 nitrogen and oxygen atoms in total. The molecule has 0 saturated carbocycles. The number of rotatable bonds is 6. The van der Waals surface area contributed by atoms with Crippen molar-refractivity contribution in [2.45, 2.75) is 6.61 Å². The van der Waals surface area contributed by atoms with Gasteiger partial charge in [0, 0.05) is 21.7 Å². The second-order valence-electron chi connectivity index (χ2n) is 4.79. The number of benzene rings is 2. The summed E-state index contributed by atoms with van der Waals surface area (Å²) < 4.78 is 12.1. The maximum atomic E-state index is 10.8. The van der Waals surface area contributed by atoms with Crippen molar-refractivity contribution in [3.8, 4) is 11.5 Å². The Balaban J connectivity index is 2.24. The van der Waals surface area contributed by atoms with Gasteiger partial charge in [-0.3, -0.25) is 4.79 Å². The first-order valence-electron chi connectivity index (χ1n) is 6.82. The molecular formula is C17H14Cl2INO3. The number of primary amides is 1. The van der Waals surface area contributed by atoms with Gasteiger partial charge in [0.2, 0.25) is 5.91 Å². The zero-order valence-electron chi connectivity index (χ0n) is 12.7. The second kappa shape index (κ2) is 8.60. The van der Waals surface area contributed by atoms with Crippen LogP contribution in [0.2, 0.25) is 10.0 Å². The number of ether oxygens (including phenoxy) is 2. The molecule has 0 aromatic heterocycles. The summed E-state index contributed by atoms with van der Waals surface area (Å²) >= 11 is 14.2. The van der Waals surface area contributed by atoms with E-state index < -0.39 is 5.91 Å². The van der Waals surface area contributed by atoms with Gasteiger partial charge in [-0.25, -0.2) is 0 Å². The summed E-state index contributed by atoms with van der Waals surface area (Å²) in [4.78, 5) is 10.8. The van der Waals surface area contributed by atoms with Gasteiger partial charge in [-0.2, -0.15) is 0 Å². The van der Waals surface area contributed by atoms with Crippen molar-refractivity contribution in [1.82, 2.24) is 0 Å². The van der Waals surface area contributed by atoms with Gasteiger partial charge in [-0.15, -0.1) is 0 Å². The van der Waals surface area contributed by atoms with Crippen LogP contribution in [0.3, 0.4) is 0 Å². The summed E-state index contributed by atoms with van der Waals surface area (Å²) in [7, 11) is 1.55. The van der Waals surface area contributed by atoms with Crippen molar-refractivity contribution in [2.75, 3.05) is 7.11 Å². The number of amides is 1. The van der Waals surface area contributed by atoms with E-state index in [4.69, 9.17) is 38.4 Å². The molecule has 0 aliphatic carbocycles. The van der Waals surface area contributed by atoms with E-state index in [1.165, 1.54) is 6.08 Å². The molecule has 1 amide bonds. The third-order valence-corrected chi connectivity index (χ3v) is 4.47. The Labute approximate surface area is 163 Å². The Morgan fingerprint density at radius 2 is 2.04 bits per heavy atom. The fourth-order valence-corrected chi connectivity index (χ4v) is 3.19. The fourth-order valence-electron chi connectivity index (χ4n) is 1.94. The lowest BCUT2D eigenvalue weighted by Gasteiger charge is -2.14. The van der Waals surface area contributed by atoms with E-state index in [-0.39, 0.29) is 6.61 Å². The summed E-state index contributed by atoms with van der Waals surface area (Å²) in [6, 6.07) is 8.86. The van der Waals surface area contributed by atoms with Gasteiger partial charge in [-0.05, 0) is 58.5 Å². The van der Waals surface area contributed by atoms with E-state index in [1.807, 2.05) is 12.1 Å². The minimum Gasteiger partial charge on any atom is -0.493 e. The van der Waals surface area contributed by atoms with Crippen LogP contribution in [0.5, 0.6) is 11.5 Å². The zero-order chi connectivity index (χ0) is 17.7. The van der Waals surface area contributed by atoms with Gasteiger partial charge in [0.15, 0.2) is 11.5 Å². The Hall–Kier alpha value is -1.44. The number of carbonyl (C=O) groups excluding carboxylic acids is 1. The summed E-state index contributed by atoms with van der Waals surface area (Å²) in [5.74, 6) is 0.637. The molecule has 0 aliphatic rings. The van der Waals surface area contributed by atoms with Crippen molar-refractivity contribution >= 4 is 57.8 Å². The quantitative estimate of drug-likeness (QED) is 0.485. The molecule has 126 valence electrons. The van der Waals surface area contributed by atoms with Crippen LogP contribution in [0.4, 0.5) is 0 Å². The Morgan fingerprint density at radius 1 is 1.29 bits per heavy atom. The van der Waals surface area contributed by atoms with E-state index in [0.717, 1.165) is 14.7 Å². The van der Waals surface area contributed by atoms with Crippen molar-refractivity contribution in [3.63, 3.8) is 0 Å². The lowest BCUT2D eigenvalue weighted by atomic mass is 10.2. The standard InChI is InChI=1S/C17H14Cl2INO3/c1-23-15-7-10(2-5-16(21)22)6-14(20)17(15)24-9-11-3-4-12(18)8-13(11)19/h2-8H,9H2,1H3,(H2,21,22)/b5-2-. The molecule has 0 atom stereocenters. The first-order chi connectivity index (χ1) is 11.4. The summed E-state index contributed by atoms with van der Waals surface area (Å²) in [6.45, 7) is 0.277. The molecule has 2 N–H and O–H groups in total. The largest absolute Gasteiger partial charge is 0.493 e. The first kappa shape index (κ1) is 18.9. The van der Waals surface area contributed by atoms with Gasteiger partial charge >= 0.3 is 0 Å². The van der Waals surface area contributed by atoms with Crippen LogP contribution in [0.15, 0.2) is 36.4 Å². The third kappa shape index (κ3) is 5.03. The number of halogens is 3. The molecular weight excluding hydrogens is 464 g/mol. The maximum Gasteiger partial charge on any atom is 0.241 e. The van der Waals surface area contributed by atoms with Crippen LogP contribution < -0.4 is 15.2 Å². The number of carbonyl (C=O) groups is 1. The monoisotopic (exact) mass is 477 g/mol. The van der Waals surface area contributed by atoms with Crippen molar-refractivity contribution in [1.29, 1.82) is 0 Å². The first-order valence-corrected chi connectivity index (χ1v) is 8.66. The smallest absolute Gasteiger partial charge is 0.241 e. The van der Waals surface area contributed by atoms with E-state index in [2.05, 4.69) is 22.6 Å². The van der Waals surface area contributed by atoms with Crippen LogP contribution in [0.1, 0.15) is 11.1 Å². The normalized spacial score (nSPS) is 10.8. The van der Waals surface area contributed by atoms with Crippen LogP contribution in [-0.4, -0.2) is 13.0 Å². The number of nitrogens with two attached hydrogens (primary N) is 1. The van der Waals surface area contributed by atoms with E-state index >= 15 is 0 Å². The van der Waals surface area contributed by atoms with Gasteiger partial charge in [0.1, 0.15) is 6.61 Å². The highest BCUT2D eigenvalue weighted by Gasteiger charge is 2.12. The molecule has 0 saturated heterocycles. The Morgan fingerprint density at radius 3 is 2.67 bits per heavy atom. The van der Waals surface area contributed by atoms with Crippen LogP contribution >= 0.6 is 45.8 Å². The summed E-state index contributed by atoms with van der Waals surface area (Å²) in [6.07, 6.45) is 2.91. The van der Waals surface area contributed by atoms with Gasteiger partial charge in [-0.1, -0.05) is 29.3 Å². The average molecular weight is 478 g/mol. The Kier molecular flexibility index (Phi) is 6.77. The minimum atomic E-state index is -0.512. The Bertz CT molecular complexity index is 794. The molecule has 0 fully saturated rings. The van der Waals surface area contributed by atoms with E-state index in [1.54, 1.807) is 31.4 Å². The highest BCUT2D eigenvalue weighted by Crippen LogP contribution is 2.35. The predicted octanol–water partition coefficient (Wildman–Crippen LogP) is 4.68. The molecule has 0 unspecified atom stereocenters. The van der Waals surface area contributed by atoms with Gasteiger partial charge in [0.25, 0.3) is 0 Å². The lowest BCUT2D eigenvalue weighted by molar-refractivity contribution is -0.113. The zero-order valence-corrected chi connectivity index (χ0v) is 16.4. The van der Waals surface area contributed by atoms with Gasteiger partial charge in [0.05, 0.1) is 10.7 Å². The fraction of sp³-hybridized carbons (Fsp3) is 0.118. The molecule has 2 rings (SSSR count). The summed E-state index contributed by atoms with van der Waals surface area (Å²) in [5, 5.41) is 1.11. The van der Waals surface area contributed by atoms with Crippen LogP contribution in [0.25, 0.3) is 6.08 Å². The summed E-state index contributed by atoms with van der Waals surface area (Å²) in [5.41, 5.74) is 6.71. The predicted molar refractivity (Wildman–Crippen MR) is 105 cm³/mol. The third-order valence-electron chi connectivity index (χ3n) is 3.08. The van der Waals surface area contributed by atoms with Crippen LogP contribution in [0, 0.1) is 3.57 Å². The molecule has 0 radical (unpaired) electrons. The molecule has 2 aromatic rings. The van der Waals surface area contributed by atoms with Crippen molar-refractivity contribution < 1.29 is 14.3 Å². The van der Waals surface area contributed by atoms with Gasteiger partial charge < -0.3 is 15.2 Å². The molecule has 0 bridgehead atoms. The number of hydrogen-bond donors (Lipinski definition) is 1. The highest BCUT2D eigenvalue weighted by atomic mass is 127. The van der Waals surface area contributed by atoms with Crippen molar-refractivity contribution in [2.24, 2.45) is 5.73 Å². The van der Waals surface area contributed by atoms with E-state index in [9.17, 15) is 4.79 Å². The molecule has 0 spiro atoms. The van der Waals surface area contributed by atoms with Crippen molar-refractivity contribution in [3.05, 3.63) is 61.2 Å². The maximum absolute atomic E-state index is 10.8. The average Bonchev–Trinajstić information content (AvgIpc) is 2.52. The lowest BCUT2D eigenvalue weighted by Crippen LogP contribution is -2.05. The number of hydrogen-bond acceptors (Lipinski definition) is 3. The molecule has 0 heterocycles. The van der Waals surface area contributed by atoms with Crippen LogP contribution in [-0.2, 0) is 11.4 Å². The SMILES string of the molecule is COc1cc(/C=C\C(N)=O)cc(I)c1OCc1ccc(Cl)cc1Cl. The highest BCUT2D eigenvalue weighted by molar-refractivity contribution is 14.1. The second-order valence-corrected chi connectivity index (χ2v) is 6.80. The number of methoxy groups -OCH3 is 1.